The highest BCUT2D eigenvalue weighted by atomic mass is 16.5. The Morgan fingerprint density at radius 2 is 1.80 bits per heavy atom. The first-order chi connectivity index (χ1) is 11.8. The standard InChI is InChI=1S/C17H31N3O5/c1-11(2)10-14(15(21)18-8-9-25-3)20-17(24)19-13-6-4-12(5-7-13)16(22)23/h11-14H,4-10H2,1-3H3,(H,18,21)(H,22,23)(H2,19,20,24)/t12?,13?,14-/m0/s1. The van der Waals surface area contributed by atoms with Crippen molar-refractivity contribution in [3.05, 3.63) is 0 Å². The summed E-state index contributed by atoms with van der Waals surface area (Å²) in [4.78, 5) is 35.4. The first kappa shape index (κ1) is 21.2. The van der Waals surface area contributed by atoms with Crippen LogP contribution in [0.3, 0.4) is 0 Å². The summed E-state index contributed by atoms with van der Waals surface area (Å²) in [5.74, 6) is -1.06. The first-order valence-corrected chi connectivity index (χ1v) is 8.90. The van der Waals surface area contributed by atoms with Gasteiger partial charge in [-0.1, -0.05) is 13.8 Å². The highest BCUT2D eigenvalue weighted by molar-refractivity contribution is 5.87. The van der Waals surface area contributed by atoms with E-state index >= 15 is 0 Å². The van der Waals surface area contributed by atoms with E-state index in [2.05, 4.69) is 16.0 Å². The summed E-state index contributed by atoms with van der Waals surface area (Å²) in [5.41, 5.74) is 0. The van der Waals surface area contributed by atoms with E-state index in [0.29, 0.717) is 45.3 Å². The second kappa shape index (κ2) is 10.9. The predicted octanol–water partition coefficient (Wildman–Crippen LogP) is 1.11. The Morgan fingerprint density at radius 1 is 1.16 bits per heavy atom. The molecular weight excluding hydrogens is 326 g/mol. The lowest BCUT2D eigenvalue weighted by Gasteiger charge is -2.28. The van der Waals surface area contributed by atoms with Crippen molar-refractivity contribution in [1.29, 1.82) is 0 Å². The van der Waals surface area contributed by atoms with Crippen LogP contribution in [0.4, 0.5) is 4.79 Å². The lowest BCUT2D eigenvalue weighted by atomic mass is 9.86. The molecule has 1 fully saturated rings. The Morgan fingerprint density at radius 3 is 2.32 bits per heavy atom. The normalized spacial score (nSPS) is 21.4. The number of carbonyl (C=O) groups is 3. The summed E-state index contributed by atoms with van der Waals surface area (Å²) in [6.45, 7) is 4.79. The van der Waals surface area contributed by atoms with Crippen molar-refractivity contribution in [3.63, 3.8) is 0 Å². The van der Waals surface area contributed by atoms with Gasteiger partial charge in [-0.05, 0) is 38.0 Å². The van der Waals surface area contributed by atoms with Crippen LogP contribution in [-0.2, 0) is 14.3 Å². The third-order valence-electron chi connectivity index (χ3n) is 4.35. The molecule has 8 nitrogen and oxygen atoms in total. The van der Waals surface area contributed by atoms with Gasteiger partial charge in [-0.2, -0.15) is 0 Å². The number of rotatable bonds is 9. The fourth-order valence-corrected chi connectivity index (χ4v) is 2.97. The van der Waals surface area contributed by atoms with E-state index in [-0.39, 0.29) is 29.8 Å². The lowest BCUT2D eigenvalue weighted by Crippen LogP contribution is -2.53. The molecular formula is C17H31N3O5. The molecule has 0 spiro atoms. The van der Waals surface area contributed by atoms with E-state index in [1.54, 1.807) is 7.11 Å². The molecule has 0 heterocycles. The van der Waals surface area contributed by atoms with Gasteiger partial charge in [0, 0.05) is 19.7 Å². The summed E-state index contributed by atoms with van der Waals surface area (Å²) in [5, 5.41) is 17.3. The number of nitrogens with one attached hydrogen (secondary N) is 3. The minimum Gasteiger partial charge on any atom is -0.481 e. The molecule has 1 saturated carbocycles. The fourth-order valence-electron chi connectivity index (χ4n) is 2.97. The molecule has 0 aromatic carbocycles. The molecule has 3 amide bonds. The number of hydrogen-bond acceptors (Lipinski definition) is 4. The molecule has 8 heteroatoms. The number of carboxylic acid groups (broad SMARTS) is 1. The van der Waals surface area contributed by atoms with Gasteiger partial charge in [0.2, 0.25) is 5.91 Å². The maximum absolute atomic E-state index is 12.2. The van der Waals surface area contributed by atoms with Gasteiger partial charge in [0.15, 0.2) is 0 Å². The third-order valence-corrected chi connectivity index (χ3v) is 4.35. The first-order valence-electron chi connectivity index (χ1n) is 8.90. The number of carbonyl (C=O) groups excluding carboxylic acids is 2. The molecule has 0 aliphatic heterocycles. The SMILES string of the molecule is COCCNC(=O)[C@H](CC(C)C)NC(=O)NC1CCC(C(=O)O)CC1. The number of ether oxygens (including phenoxy) is 1. The Labute approximate surface area is 149 Å². The Hall–Kier alpha value is -1.83. The predicted molar refractivity (Wildman–Crippen MR) is 93.2 cm³/mol. The van der Waals surface area contributed by atoms with Crippen molar-refractivity contribution in [2.45, 2.75) is 58.0 Å². The molecule has 0 bridgehead atoms. The molecule has 1 aliphatic rings. The van der Waals surface area contributed by atoms with E-state index in [1.807, 2.05) is 13.8 Å². The number of carboxylic acids is 1. The number of hydrogen-bond donors (Lipinski definition) is 4. The average molecular weight is 357 g/mol. The number of amides is 3. The zero-order valence-electron chi connectivity index (χ0n) is 15.3. The van der Waals surface area contributed by atoms with Gasteiger partial charge < -0.3 is 25.8 Å². The van der Waals surface area contributed by atoms with Crippen LogP contribution < -0.4 is 16.0 Å². The number of urea groups is 1. The number of methoxy groups -OCH3 is 1. The Kier molecular flexibility index (Phi) is 9.26. The van der Waals surface area contributed by atoms with Crippen LogP contribution in [0.2, 0.25) is 0 Å². The second-order valence-electron chi connectivity index (χ2n) is 6.97. The largest absolute Gasteiger partial charge is 0.481 e. The highest BCUT2D eigenvalue weighted by Gasteiger charge is 2.28. The van der Waals surface area contributed by atoms with Gasteiger partial charge in [-0.15, -0.1) is 0 Å². The summed E-state index contributed by atoms with van der Waals surface area (Å²) in [7, 11) is 1.56. The van der Waals surface area contributed by atoms with Crippen LogP contribution in [-0.4, -0.2) is 55.4 Å². The van der Waals surface area contributed by atoms with Crippen LogP contribution in [0.25, 0.3) is 0 Å². The molecule has 25 heavy (non-hydrogen) atoms. The summed E-state index contributed by atoms with van der Waals surface area (Å²) >= 11 is 0. The summed E-state index contributed by atoms with van der Waals surface area (Å²) in [6.07, 6.45) is 2.94. The summed E-state index contributed by atoms with van der Waals surface area (Å²) < 4.78 is 4.90. The Balaban J connectivity index is 2.46. The lowest BCUT2D eigenvalue weighted by molar-refractivity contribution is -0.142. The van der Waals surface area contributed by atoms with Crippen LogP contribution >= 0.6 is 0 Å². The van der Waals surface area contributed by atoms with Crippen LogP contribution in [0.15, 0.2) is 0 Å². The maximum Gasteiger partial charge on any atom is 0.315 e. The second-order valence-corrected chi connectivity index (χ2v) is 6.97. The van der Waals surface area contributed by atoms with Crippen LogP contribution in [0.1, 0.15) is 46.0 Å². The van der Waals surface area contributed by atoms with Gasteiger partial charge in [0.05, 0.1) is 12.5 Å². The maximum atomic E-state index is 12.2. The molecule has 1 aliphatic carbocycles. The third kappa shape index (κ3) is 8.20. The highest BCUT2D eigenvalue weighted by Crippen LogP contribution is 2.24. The molecule has 0 aromatic rings. The van der Waals surface area contributed by atoms with Gasteiger partial charge in [0.1, 0.15) is 6.04 Å². The van der Waals surface area contributed by atoms with E-state index in [1.165, 1.54) is 0 Å². The minimum absolute atomic E-state index is 0.0492. The molecule has 1 atom stereocenters. The van der Waals surface area contributed by atoms with E-state index in [0.717, 1.165) is 0 Å². The topological polar surface area (TPSA) is 117 Å². The van der Waals surface area contributed by atoms with Gasteiger partial charge >= 0.3 is 12.0 Å². The smallest absolute Gasteiger partial charge is 0.315 e. The van der Waals surface area contributed by atoms with Gasteiger partial charge in [0.25, 0.3) is 0 Å². The van der Waals surface area contributed by atoms with Crippen molar-refractivity contribution >= 4 is 17.9 Å². The molecule has 0 saturated heterocycles. The van der Waals surface area contributed by atoms with Crippen LogP contribution in [0.5, 0.6) is 0 Å². The van der Waals surface area contributed by atoms with Crippen molar-refractivity contribution in [3.8, 4) is 0 Å². The fraction of sp³-hybridized carbons (Fsp3) is 0.824. The van der Waals surface area contributed by atoms with E-state index < -0.39 is 12.0 Å². The van der Waals surface area contributed by atoms with Gasteiger partial charge in [-0.25, -0.2) is 4.79 Å². The summed E-state index contributed by atoms with van der Waals surface area (Å²) in [6, 6.07) is -1.04. The average Bonchev–Trinajstić information content (AvgIpc) is 2.54. The van der Waals surface area contributed by atoms with Gasteiger partial charge in [-0.3, -0.25) is 9.59 Å². The molecule has 0 radical (unpaired) electrons. The zero-order valence-corrected chi connectivity index (χ0v) is 15.3. The molecule has 0 unspecified atom stereocenters. The van der Waals surface area contributed by atoms with Crippen LogP contribution in [0, 0.1) is 11.8 Å². The van der Waals surface area contributed by atoms with E-state index in [4.69, 9.17) is 9.84 Å². The molecule has 1 rings (SSSR count). The minimum atomic E-state index is -0.771. The number of aliphatic carboxylic acids is 1. The monoisotopic (exact) mass is 357 g/mol. The molecule has 4 N–H and O–H groups in total. The molecule has 144 valence electrons. The molecule has 0 aromatic heterocycles. The quantitative estimate of drug-likeness (QED) is 0.461. The van der Waals surface area contributed by atoms with E-state index in [9.17, 15) is 14.4 Å². The van der Waals surface area contributed by atoms with Crippen molar-refractivity contribution in [2.24, 2.45) is 11.8 Å². The van der Waals surface area contributed by atoms with Crippen molar-refractivity contribution < 1.29 is 24.2 Å². The Bertz CT molecular complexity index is 448. The zero-order chi connectivity index (χ0) is 18.8. The van der Waals surface area contributed by atoms with Crippen molar-refractivity contribution in [1.82, 2.24) is 16.0 Å². The van der Waals surface area contributed by atoms with Crippen molar-refractivity contribution in [2.75, 3.05) is 20.3 Å².